The van der Waals surface area contributed by atoms with Crippen LogP contribution < -0.4 is 0 Å². The summed E-state index contributed by atoms with van der Waals surface area (Å²) in [5, 5.41) is 0. The molecule has 0 radical (unpaired) electrons. The number of rotatable bonds is 6. The van der Waals surface area contributed by atoms with Gasteiger partial charge in [0.05, 0.1) is 5.92 Å². The number of hydrogen-bond donors (Lipinski definition) is 0. The number of unbranched alkanes of at least 4 members (excludes halogenated alkanes) is 1. The molecule has 0 aromatic rings. The third-order valence-electron chi connectivity index (χ3n) is 4.87. The lowest BCUT2D eigenvalue weighted by Crippen LogP contribution is -2.20. The summed E-state index contributed by atoms with van der Waals surface area (Å²) in [4.78, 5) is 12.1. The third kappa shape index (κ3) is 2.66. The van der Waals surface area contributed by atoms with Gasteiger partial charge in [-0.15, -0.1) is 0 Å². The lowest BCUT2D eigenvalue weighted by atomic mass is 10.0. The molecule has 1 rings (SSSR count). The molecule has 100 valence electrons. The van der Waals surface area contributed by atoms with Gasteiger partial charge >= 0.3 is 5.97 Å². The van der Waals surface area contributed by atoms with Gasteiger partial charge in [-0.1, -0.05) is 54.4 Å². The Kier molecular flexibility index (Phi) is 4.27. The van der Waals surface area contributed by atoms with Crippen LogP contribution in [-0.4, -0.2) is 12.1 Å². The predicted molar refractivity (Wildman–Crippen MR) is 70.7 cm³/mol. The maximum atomic E-state index is 12.1. The molecule has 0 amide bonds. The van der Waals surface area contributed by atoms with Gasteiger partial charge in [-0.3, -0.25) is 4.79 Å². The highest BCUT2D eigenvalue weighted by Gasteiger charge is 2.69. The lowest BCUT2D eigenvalue weighted by Gasteiger charge is -2.16. The molecule has 0 heterocycles. The summed E-state index contributed by atoms with van der Waals surface area (Å²) in [6.07, 6.45) is 4.36. The van der Waals surface area contributed by atoms with Gasteiger partial charge in [-0.25, -0.2) is 0 Å². The van der Waals surface area contributed by atoms with Crippen molar-refractivity contribution in [3.8, 4) is 0 Å². The highest BCUT2D eigenvalue weighted by molar-refractivity contribution is 5.78. The monoisotopic (exact) mass is 240 g/mol. The van der Waals surface area contributed by atoms with Crippen molar-refractivity contribution in [2.24, 2.45) is 16.7 Å². The van der Waals surface area contributed by atoms with E-state index in [2.05, 4.69) is 41.5 Å². The van der Waals surface area contributed by atoms with Gasteiger partial charge in [0.25, 0.3) is 0 Å². The van der Waals surface area contributed by atoms with Crippen LogP contribution in [0.15, 0.2) is 0 Å². The minimum Gasteiger partial charge on any atom is -0.462 e. The molecule has 1 unspecified atom stereocenters. The van der Waals surface area contributed by atoms with E-state index < -0.39 is 0 Å². The van der Waals surface area contributed by atoms with Crippen molar-refractivity contribution in [2.75, 3.05) is 0 Å². The first-order chi connectivity index (χ1) is 7.79. The molecular formula is C15H28O2. The second-order valence-electron chi connectivity index (χ2n) is 6.49. The molecular weight excluding hydrogens is 212 g/mol. The molecule has 0 aromatic heterocycles. The Morgan fingerprint density at radius 1 is 1.18 bits per heavy atom. The first-order valence-electron chi connectivity index (χ1n) is 6.99. The van der Waals surface area contributed by atoms with Crippen LogP contribution in [-0.2, 0) is 9.53 Å². The second kappa shape index (κ2) is 4.99. The molecule has 2 nitrogen and oxygen atoms in total. The summed E-state index contributed by atoms with van der Waals surface area (Å²) in [7, 11) is 0. The van der Waals surface area contributed by atoms with E-state index in [-0.39, 0.29) is 28.8 Å². The van der Waals surface area contributed by atoms with Crippen LogP contribution in [0.25, 0.3) is 0 Å². The molecule has 0 bridgehead atoms. The second-order valence-corrected chi connectivity index (χ2v) is 6.49. The Labute approximate surface area is 106 Å². The quantitative estimate of drug-likeness (QED) is 0.651. The van der Waals surface area contributed by atoms with Gasteiger partial charge in [0.2, 0.25) is 0 Å². The van der Waals surface area contributed by atoms with Crippen LogP contribution in [0.4, 0.5) is 0 Å². The fourth-order valence-electron chi connectivity index (χ4n) is 2.80. The molecule has 0 saturated heterocycles. The third-order valence-corrected chi connectivity index (χ3v) is 4.87. The Balaban J connectivity index is 2.50. The van der Waals surface area contributed by atoms with Gasteiger partial charge < -0.3 is 4.74 Å². The average molecular weight is 240 g/mol. The van der Waals surface area contributed by atoms with Gasteiger partial charge in [0.1, 0.15) is 6.10 Å². The summed E-state index contributed by atoms with van der Waals surface area (Å²) in [5.41, 5.74) is 0.181. The summed E-state index contributed by atoms with van der Waals surface area (Å²) in [6.45, 7) is 12.9. The molecule has 1 aliphatic carbocycles. The Morgan fingerprint density at radius 3 is 2.06 bits per heavy atom. The van der Waals surface area contributed by atoms with Gasteiger partial charge in [-0.2, -0.15) is 0 Å². The Hall–Kier alpha value is -0.530. The van der Waals surface area contributed by atoms with Crippen molar-refractivity contribution in [3.63, 3.8) is 0 Å². The Morgan fingerprint density at radius 2 is 1.71 bits per heavy atom. The molecule has 0 spiro atoms. The first-order valence-corrected chi connectivity index (χ1v) is 6.99. The molecule has 1 saturated carbocycles. The highest BCUT2D eigenvalue weighted by Crippen LogP contribution is 2.68. The number of carbonyl (C=O) groups excluding carboxylic acids is 1. The van der Waals surface area contributed by atoms with Crippen molar-refractivity contribution in [2.45, 2.75) is 73.3 Å². The van der Waals surface area contributed by atoms with Crippen LogP contribution in [0.5, 0.6) is 0 Å². The molecule has 1 atom stereocenters. The fourth-order valence-corrected chi connectivity index (χ4v) is 2.80. The summed E-state index contributed by atoms with van der Waals surface area (Å²) < 4.78 is 5.66. The lowest BCUT2D eigenvalue weighted by molar-refractivity contribution is -0.152. The molecule has 0 N–H and O–H groups in total. The maximum absolute atomic E-state index is 12.1. The van der Waals surface area contributed by atoms with E-state index in [1.54, 1.807) is 0 Å². The van der Waals surface area contributed by atoms with E-state index in [0.29, 0.717) is 0 Å². The zero-order valence-corrected chi connectivity index (χ0v) is 12.3. The van der Waals surface area contributed by atoms with Crippen molar-refractivity contribution in [1.29, 1.82) is 0 Å². The minimum absolute atomic E-state index is 0.0166. The summed E-state index contributed by atoms with van der Waals surface area (Å²) in [6, 6.07) is 0. The van der Waals surface area contributed by atoms with Crippen LogP contribution in [0.2, 0.25) is 0 Å². The fraction of sp³-hybridized carbons (Fsp3) is 0.933. The van der Waals surface area contributed by atoms with E-state index in [4.69, 9.17) is 4.74 Å². The first kappa shape index (κ1) is 14.5. The topological polar surface area (TPSA) is 26.3 Å². The van der Waals surface area contributed by atoms with E-state index >= 15 is 0 Å². The standard InChI is InChI=1S/C15H28O2/c1-7-9-10-11(8-2)17-13(16)12-14(3,4)15(12,5)6/h11-12H,7-10H2,1-6H3. The predicted octanol–water partition coefficient (Wildman–Crippen LogP) is 4.18. The average Bonchev–Trinajstić information content (AvgIpc) is 2.64. The van der Waals surface area contributed by atoms with Crippen molar-refractivity contribution < 1.29 is 9.53 Å². The normalized spacial score (nSPS) is 23.2. The summed E-state index contributed by atoms with van der Waals surface area (Å²) >= 11 is 0. The minimum atomic E-state index is 0.0166. The number of hydrogen-bond acceptors (Lipinski definition) is 2. The van der Waals surface area contributed by atoms with Crippen molar-refractivity contribution in [3.05, 3.63) is 0 Å². The summed E-state index contributed by atoms with van der Waals surface area (Å²) in [5.74, 6) is 0.0913. The SMILES string of the molecule is CCCCC(CC)OC(=O)C1C(C)(C)C1(C)C. The van der Waals surface area contributed by atoms with Crippen LogP contribution in [0, 0.1) is 16.7 Å². The molecule has 0 aromatic carbocycles. The van der Waals surface area contributed by atoms with E-state index in [9.17, 15) is 4.79 Å². The van der Waals surface area contributed by atoms with Gasteiger partial charge in [0, 0.05) is 0 Å². The highest BCUT2D eigenvalue weighted by atomic mass is 16.5. The van der Waals surface area contributed by atoms with Crippen molar-refractivity contribution in [1.82, 2.24) is 0 Å². The number of ether oxygens (including phenoxy) is 1. The molecule has 0 aliphatic heterocycles. The smallest absolute Gasteiger partial charge is 0.310 e. The van der Waals surface area contributed by atoms with E-state index in [1.807, 2.05) is 0 Å². The molecule has 1 fully saturated rings. The van der Waals surface area contributed by atoms with Gasteiger partial charge in [-0.05, 0) is 23.7 Å². The maximum Gasteiger partial charge on any atom is 0.310 e. The van der Waals surface area contributed by atoms with Crippen LogP contribution >= 0.6 is 0 Å². The van der Waals surface area contributed by atoms with Crippen LogP contribution in [0.3, 0.4) is 0 Å². The number of carbonyl (C=O) groups is 1. The molecule has 1 aliphatic rings. The molecule has 17 heavy (non-hydrogen) atoms. The Bertz CT molecular complexity index is 265. The molecule has 2 heteroatoms. The zero-order chi connectivity index (χ0) is 13.3. The largest absolute Gasteiger partial charge is 0.462 e. The van der Waals surface area contributed by atoms with Crippen LogP contribution in [0.1, 0.15) is 67.2 Å². The number of esters is 1. The zero-order valence-electron chi connectivity index (χ0n) is 12.3. The van der Waals surface area contributed by atoms with E-state index in [0.717, 1.165) is 25.7 Å². The van der Waals surface area contributed by atoms with E-state index in [1.165, 1.54) is 0 Å². The van der Waals surface area contributed by atoms with Gasteiger partial charge in [0.15, 0.2) is 0 Å². The van der Waals surface area contributed by atoms with Crippen molar-refractivity contribution >= 4 is 5.97 Å².